The number of allylic oxidation sites excluding steroid dienone is 2. The Hall–Kier alpha value is -3.26. The highest BCUT2D eigenvalue weighted by atomic mass is 19.0. The minimum Gasteiger partial charge on any atom is -0.355 e. The third kappa shape index (κ3) is 5.87. The fourth-order valence-electron chi connectivity index (χ4n) is 3.23. The van der Waals surface area contributed by atoms with Crippen molar-refractivity contribution in [3.8, 4) is 0 Å². The van der Waals surface area contributed by atoms with Crippen LogP contribution in [-0.2, 0) is 4.79 Å². The van der Waals surface area contributed by atoms with E-state index in [0.29, 0.717) is 6.54 Å². The summed E-state index contributed by atoms with van der Waals surface area (Å²) in [6.07, 6.45) is 10.5. The molecule has 1 aliphatic rings. The number of carbonyl (C=O) groups excluding carboxylic acids is 1. The van der Waals surface area contributed by atoms with Crippen molar-refractivity contribution in [3.63, 3.8) is 0 Å². The van der Waals surface area contributed by atoms with E-state index in [1.54, 1.807) is 4.49 Å². The largest absolute Gasteiger partial charge is 0.586 e. The van der Waals surface area contributed by atoms with Gasteiger partial charge in [-0.3, -0.25) is 18.7 Å². The molecule has 0 aliphatic carbocycles. The molecule has 0 bridgehead atoms. The van der Waals surface area contributed by atoms with Gasteiger partial charge in [0.2, 0.25) is 5.91 Å². The first kappa shape index (κ1) is 24.8. The molecule has 0 atom stereocenters. The SMILES string of the molecule is F.F.[B][N+]1=CC=CC1=C(CCN)c1[nH]c(/C=C/c2ccc(NC(C)=O)cc2)cc1C. The second kappa shape index (κ2) is 11.1. The van der Waals surface area contributed by atoms with Crippen LogP contribution >= 0.6 is 0 Å². The normalized spacial score (nSPS) is 14.2. The monoisotopic (exact) mass is 411 g/mol. The summed E-state index contributed by atoms with van der Waals surface area (Å²) in [6.45, 7) is 4.12. The first-order valence-corrected chi connectivity index (χ1v) is 9.22. The zero-order chi connectivity index (χ0) is 20.1. The number of hydrogen-bond acceptors (Lipinski definition) is 2. The van der Waals surface area contributed by atoms with Gasteiger partial charge < -0.3 is 16.0 Å². The van der Waals surface area contributed by atoms with Crippen molar-refractivity contribution >= 4 is 43.5 Å². The molecule has 2 radical (unpaired) electrons. The molecule has 1 aliphatic heterocycles. The first-order chi connectivity index (χ1) is 13.5. The van der Waals surface area contributed by atoms with Crippen LogP contribution in [0, 0.1) is 6.92 Å². The topological polar surface area (TPSA) is 73.9 Å². The van der Waals surface area contributed by atoms with Crippen molar-refractivity contribution in [1.29, 1.82) is 0 Å². The van der Waals surface area contributed by atoms with Gasteiger partial charge in [-0.05, 0) is 55.3 Å². The molecule has 5 nitrogen and oxygen atoms in total. The zero-order valence-corrected chi connectivity index (χ0v) is 17.0. The van der Waals surface area contributed by atoms with Gasteiger partial charge in [0, 0.05) is 36.0 Å². The third-order valence-electron chi connectivity index (χ3n) is 4.51. The summed E-state index contributed by atoms with van der Waals surface area (Å²) < 4.78 is 1.62. The molecule has 1 aromatic carbocycles. The maximum Gasteiger partial charge on any atom is 0.586 e. The number of nitrogens with zero attached hydrogens (tertiary/aromatic N) is 1. The Kier molecular flexibility index (Phi) is 9.14. The molecular weight excluding hydrogens is 385 g/mol. The van der Waals surface area contributed by atoms with Crippen LogP contribution < -0.4 is 11.1 Å². The number of halogens is 2. The van der Waals surface area contributed by atoms with Crippen LogP contribution in [0.4, 0.5) is 15.1 Å². The van der Waals surface area contributed by atoms with Crippen molar-refractivity contribution < 1.29 is 18.7 Å². The maximum atomic E-state index is 11.1. The number of anilines is 1. The molecule has 2 aromatic rings. The number of aromatic amines is 1. The number of hydrogen-bond donors (Lipinski definition) is 3. The van der Waals surface area contributed by atoms with Crippen LogP contribution in [0.25, 0.3) is 17.7 Å². The first-order valence-electron chi connectivity index (χ1n) is 9.22. The van der Waals surface area contributed by atoms with E-state index in [1.165, 1.54) is 6.92 Å². The smallest absolute Gasteiger partial charge is 0.355 e. The lowest BCUT2D eigenvalue weighted by Crippen LogP contribution is -2.09. The van der Waals surface area contributed by atoms with E-state index in [-0.39, 0.29) is 15.3 Å². The lowest BCUT2D eigenvalue weighted by atomic mass is 10.0. The van der Waals surface area contributed by atoms with Gasteiger partial charge in [0.15, 0.2) is 5.70 Å². The van der Waals surface area contributed by atoms with Crippen LogP contribution in [0.2, 0.25) is 0 Å². The number of benzene rings is 1. The number of rotatable bonds is 6. The summed E-state index contributed by atoms with van der Waals surface area (Å²) >= 11 is 0. The summed E-state index contributed by atoms with van der Waals surface area (Å²) in [7, 11) is 6.04. The van der Waals surface area contributed by atoms with E-state index in [2.05, 4.69) is 23.3 Å². The molecule has 0 saturated carbocycles. The molecular formula is C22H26BF2N4O+. The second-order valence-electron chi connectivity index (χ2n) is 6.74. The summed E-state index contributed by atoms with van der Waals surface area (Å²) in [4.78, 5) is 14.6. The Morgan fingerprint density at radius 1 is 1.23 bits per heavy atom. The predicted molar refractivity (Wildman–Crippen MR) is 122 cm³/mol. The lowest BCUT2D eigenvalue weighted by Gasteiger charge is -2.07. The van der Waals surface area contributed by atoms with Gasteiger partial charge in [0.1, 0.15) is 6.21 Å². The van der Waals surface area contributed by atoms with Crippen molar-refractivity contribution in [1.82, 2.24) is 4.98 Å². The summed E-state index contributed by atoms with van der Waals surface area (Å²) in [5.41, 5.74) is 12.9. The molecule has 4 N–H and O–H groups in total. The number of nitrogens with one attached hydrogen (secondary N) is 2. The fraction of sp³-hybridized carbons (Fsp3) is 0.182. The zero-order valence-electron chi connectivity index (χ0n) is 17.0. The van der Waals surface area contributed by atoms with E-state index in [1.807, 2.05) is 54.8 Å². The second-order valence-corrected chi connectivity index (χ2v) is 6.74. The standard InChI is InChI=1S/C22H24BN4O.2FH/c1-15-14-19(10-7-17-5-8-18(9-6-17)25-16(2)28)26-22(15)20(11-12-24)21-4-3-13-27(21)23;;/h3-10,13-14,26H,11-12,24H2,1-2H3,(H,25,28);2*1H/q+1;;. The third-order valence-corrected chi connectivity index (χ3v) is 4.51. The van der Waals surface area contributed by atoms with Crippen LogP contribution in [0.5, 0.6) is 0 Å². The van der Waals surface area contributed by atoms with Gasteiger partial charge in [-0.25, -0.2) is 0 Å². The van der Waals surface area contributed by atoms with E-state index in [4.69, 9.17) is 13.7 Å². The minimum absolute atomic E-state index is 0. The molecule has 30 heavy (non-hydrogen) atoms. The molecule has 8 heteroatoms. The van der Waals surface area contributed by atoms with Gasteiger partial charge in [0.05, 0.1) is 5.69 Å². The van der Waals surface area contributed by atoms with Crippen molar-refractivity contribution in [2.24, 2.45) is 5.73 Å². The molecule has 156 valence electrons. The average Bonchev–Trinajstić information content (AvgIpc) is 3.24. The van der Waals surface area contributed by atoms with Gasteiger partial charge in [0.25, 0.3) is 0 Å². The van der Waals surface area contributed by atoms with Gasteiger partial charge in [-0.1, -0.05) is 18.2 Å². The maximum absolute atomic E-state index is 11.1. The van der Waals surface area contributed by atoms with Crippen LogP contribution in [0.1, 0.15) is 35.9 Å². The highest BCUT2D eigenvalue weighted by Gasteiger charge is 2.20. The summed E-state index contributed by atoms with van der Waals surface area (Å²) in [6, 6.07) is 9.80. The van der Waals surface area contributed by atoms with Crippen LogP contribution in [-0.4, -0.2) is 36.1 Å². The van der Waals surface area contributed by atoms with E-state index in [9.17, 15) is 4.79 Å². The van der Waals surface area contributed by atoms with E-state index < -0.39 is 0 Å². The Morgan fingerprint density at radius 3 is 2.50 bits per heavy atom. The molecule has 0 saturated heterocycles. The molecule has 0 fully saturated rings. The van der Waals surface area contributed by atoms with E-state index in [0.717, 1.165) is 45.9 Å². The number of nitrogens with two attached hydrogens (primary N) is 1. The predicted octanol–water partition coefficient (Wildman–Crippen LogP) is 3.55. The molecule has 0 spiro atoms. The Bertz CT molecular complexity index is 1000. The van der Waals surface area contributed by atoms with Crippen molar-refractivity contribution in [2.75, 3.05) is 11.9 Å². The highest BCUT2D eigenvalue weighted by molar-refractivity contribution is 6.01. The van der Waals surface area contributed by atoms with E-state index >= 15 is 0 Å². The molecule has 1 amide bonds. The highest BCUT2D eigenvalue weighted by Crippen LogP contribution is 2.27. The summed E-state index contributed by atoms with van der Waals surface area (Å²) in [5.74, 6) is -0.0779. The number of aromatic nitrogens is 1. The lowest BCUT2D eigenvalue weighted by molar-refractivity contribution is -0.294. The van der Waals surface area contributed by atoms with Crippen LogP contribution in [0.3, 0.4) is 0 Å². The number of H-pyrrole nitrogens is 1. The Balaban J connectivity index is 0.00000225. The molecule has 2 heterocycles. The quantitative estimate of drug-likeness (QED) is 0.636. The van der Waals surface area contributed by atoms with Gasteiger partial charge in [-0.2, -0.15) is 0 Å². The minimum atomic E-state index is -0.0779. The Morgan fingerprint density at radius 2 is 1.93 bits per heavy atom. The van der Waals surface area contributed by atoms with Crippen LogP contribution in [0.15, 0.2) is 48.2 Å². The van der Waals surface area contributed by atoms with Gasteiger partial charge >= 0.3 is 7.98 Å². The molecule has 0 unspecified atom stereocenters. The average molecular weight is 411 g/mol. The summed E-state index contributed by atoms with van der Waals surface area (Å²) in [5, 5.41) is 2.76. The number of amides is 1. The Labute approximate surface area is 176 Å². The molecule has 1 aromatic heterocycles. The molecule has 3 rings (SSSR count). The number of aryl methyl sites for hydroxylation is 1. The van der Waals surface area contributed by atoms with Gasteiger partial charge in [-0.15, -0.1) is 0 Å². The number of carbonyl (C=O) groups is 1. The van der Waals surface area contributed by atoms with Crippen molar-refractivity contribution in [3.05, 3.63) is 70.7 Å². The fourth-order valence-corrected chi connectivity index (χ4v) is 3.23. The van der Waals surface area contributed by atoms with Crippen molar-refractivity contribution in [2.45, 2.75) is 20.3 Å².